The summed E-state index contributed by atoms with van der Waals surface area (Å²) < 4.78 is 1.74. The molecule has 3 heterocycles. The zero-order valence-corrected chi connectivity index (χ0v) is 24.8. The topological polar surface area (TPSA) is 112 Å². The lowest BCUT2D eigenvalue weighted by Gasteiger charge is -2.28. The number of rotatable bonds is 11. The summed E-state index contributed by atoms with van der Waals surface area (Å²) in [4.78, 5) is 29.7. The van der Waals surface area contributed by atoms with Gasteiger partial charge in [0.15, 0.2) is 5.60 Å². The Hall–Kier alpha value is -4.60. The van der Waals surface area contributed by atoms with Crippen LogP contribution in [-0.4, -0.2) is 50.2 Å². The van der Waals surface area contributed by atoms with Crippen molar-refractivity contribution in [3.05, 3.63) is 120 Å². The van der Waals surface area contributed by atoms with E-state index in [0.29, 0.717) is 42.9 Å². The average Bonchev–Trinajstić information content (AvgIpc) is 3.75. The van der Waals surface area contributed by atoms with Crippen molar-refractivity contribution in [1.29, 1.82) is 0 Å². The maximum atomic E-state index is 13.9. The van der Waals surface area contributed by atoms with Crippen molar-refractivity contribution in [3.8, 4) is 0 Å². The zero-order chi connectivity index (χ0) is 30.7. The number of allylic oxidation sites excluding steroid dienone is 1. The predicted octanol–water partition coefficient (Wildman–Crippen LogP) is 4.55. The molecule has 1 fully saturated rings. The highest BCUT2D eigenvalue weighted by atomic mass is 16.3. The van der Waals surface area contributed by atoms with Crippen molar-refractivity contribution in [2.45, 2.75) is 50.8 Å². The lowest BCUT2D eigenvalue weighted by Crippen LogP contribution is -2.44. The van der Waals surface area contributed by atoms with E-state index >= 15 is 0 Å². The van der Waals surface area contributed by atoms with Gasteiger partial charge in [-0.3, -0.25) is 14.3 Å². The molecule has 44 heavy (non-hydrogen) atoms. The summed E-state index contributed by atoms with van der Waals surface area (Å²) in [5.41, 5.74) is 2.98. The monoisotopic (exact) mass is 591 g/mol. The van der Waals surface area contributed by atoms with Gasteiger partial charge in [-0.05, 0) is 42.2 Å². The summed E-state index contributed by atoms with van der Waals surface area (Å²) in [7, 11) is 0. The number of para-hydroxylation sites is 1. The fourth-order valence-electron chi connectivity index (χ4n) is 6.27. The van der Waals surface area contributed by atoms with E-state index in [-0.39, 0.29) is 30.9 Å². The van der Waals surface area contributed by atoms with E-state index in [1.807, 2.05) is 104 Å². The summed E-state index contributed by atoms with van der Waals surface area (Å²) in [5, 5.41) is 30.4. The molecule has 0 aliphatic carbocycles. The number of benzene rings is 3. The maximum absolute atomic E-state index is 13.9. The van der Waals surface area contributed by atoms with Gasteiger partial charge in [-0.1, -0.05) is 85.0 Å². The van der Waals surface area contributed by atoms with E-state index in [2.05, 4.69) is 10.3 Å². The lowest BCUT2D eigenvalue weighted by atomic mass is 9.83. The molecule has 1 unspecified atom stereocenters. The maximum Gasteiger partial charge on any atom is 0.264 e. The highest BCUT2D eigenvalue weighted by Crippen LogP contribution is 2.45. The summed E-state index contributed by atoms with van der Waals surface area (Å²) in [5.74, 6) is -0.977. The fraction of sp³-hybridized carbons (Fsp3) is 0.314. The normalized spacial score (nSPS) is 19.6. The van der Waals surface area contributed by atoms with Crippen LogP contribution in [0.2, 0.25) is 0 Å². The van der Waals surface area contributed by atoms with Gasteiger partial charge in [0.1, 0.15) is 0 Å². The van der Waals surface area contributed by atoms with Gasteiger partial charge in [0.25, 0.3) is 5.91 Å². The van der Waals surface area contributed by atoms with Gasteiger partial charge in [0.2, 0.25) is 5.91 Å². The van der Waals surface area contributed by atoms with Crippen molar-refractivity contribution in [2.24, 2.45) is 5.92 Å². The van der Waals surface area contributed by atoms with E-state index < -0.39 is 11.5 Å². The number of anilines is 2. The van der Waals surface area contributed by atoms with Crippen molar-refractivity contribution in [2.75, 3.05) is 23.0 Å². The summed E-state index contributed by atoms with van der Waals surface area (Å²) >= 11 is 0. The van der Waals surface area contributed by atoms with Crippen molar-refractivity contribution >= 4 is 23.2 Å². The summed E-state index contributed by atoms with van der Waals surface area (Å²) in [6.07, 6.45) is 7.72. The highest BCUT2D eigenvalue weighted by Gasteiger charge is 2.52. The number of carbonyl (C=O) groups excluding carboxylic acids is 2. The smallest absolute Gasteiger partial charge is 0.264 e. The first-order chi connectivity index (χ1) is 21.4. The molecule has 2 aliphatic heterocycles. The molecule has 0 bridgehead atoms. The number of aliphatic hydroxyl groups is 2. The van der Waals surface area contributed by atoms with Crippen molar-refractivity contribution < 1.29 is 19.8 Å². The molecule has 0 radical (unpaired) electrons. The Kier molecular flexibility index (Phi) is 8.41. The summed E-state index contributed by atoms with van der Waals surface area (Å²) in [6, 6.07) is 24.9. The number of amides is 2. The molecular weight excluding hydrogens is 554 g/mol. The number of nitrogens with zero attached hydrogens (tertiary/aromatic N) is 5. The van der Waals surface area contributed by atoms with Gasteiger partial charge in [0.05, 0.1) is 30.5 Å². The van der Waals surface area contributed by atoms with Crippen LogP contribution >= 0.6 is 0 Å². The third-order valence-corrected chi connectivity index (χ3v) is 8.72. The van der Waals surface area contributed by atoms with Crippen LogP contribution in [0.25, 0.3) is 0 Å². The Morgan fingerprint density at radius 3 is 2.59 bits per heavy atom. The van der Waals surface area contributed by atoms with Crippen molar-refractivity contribution in [3.63, 3.8) is 0 Å². The van der Waals surface area contributed by atoms with Gasteiger partial charge in [0, 0.05) is 42.9 Å². The van der Waals surface area contributed by atoms with Gasteiger partial charge < -0.3 is 20.0 Å². The predicted molar refractivity (Wildman–Crippen MR) is 168 cm³/mol. The molecule has 4 aromatic rings. The number of hydrogen-bond acceptors (Lipinski definition) is 6. The van der Waals surface area contributed by atoms with Crippen LogP contribution < -0.4 is 9.80 Å². The van der Waals surface area contributed by atoms with Crippen molar-refractivity contribution in [1.82, 2.24) is 15.0 Å². The van der Waals surface area contributed by atoms with E-state index in [1.54, 1.807) is 14.5 Å². The second-order valence-corrected chi connectivity index (χ2v) is 11.6. The minimum atomic E-state index is -1.71. The van der Waals surface area contributed by atoms with Gasteiger partial charge in [-0.25, -0.2) is 0 Å². The molecule has 2 amide bonds. The Balaban J connectivity index is 1.14. The van der Waals surface area contributed by atoms with Gasteiger partial charge in [-0.2, -0.15) is 0 Å². The number of aliphatic hydroxyl groups excluding tert-OH is 1. The van der Waals surface area contributed by atoms with Crippen LogP contribution in [0.5, 0.6) is 0 Å². The molecule has 3 aromatic carbocycles. The number of hydrogen-bond donors (Lipinski definition) is 2. The summed E-state index contributed by atoms with van der Waals surface area (Å²) in [6.45, 7) is 3.35. The number of aryl methyl sites for hydroxylation is 1. The Morgan fingerprint density at radius 2 is 1.82 bits per heavy atom. The first kappa shape index (κ1) is 29.5. The SMILES string of the molecule is C[C@@H](/C=C/CCn1cc(C(CO)c2ccccc2)nn1)[C@]1(O)C(=O)N(Cc2cccc(N3CCCC3=O)c2)c2ccccc21. The Bertz CT molecular complexity index is 1670. The van der Waals surface area contributed by atoms with E-state index in [4.69, 9.17) is 0 Å². The molecule has 2 aliphatic rings. The van der Waals surface area contributed by atoms with Crippen LogP contribution in [-0.2, 0) is 28.3 Å². The van der Waals surface area contributed by atoms with Crippen LogP contribution in [0.15, 0.2) is 97.2 Å². The van der Waals surface area contributed by atoms with Crippen LogP contribution in [0.3, 0.4) is 0 Å². The molecule has 0 spiro atoms. The molecular formula is C35H37N5O4. The Morgan fingerprint density at radius 1 is 1.02 bits per heavy atom. The van der Waals surface area contributed by atoms with Crippen LogP contribution in [0.1, 0.15) is 54.5 Å². The molecule has 2 N–H and O–H groups in total. The first-order valence-electron chi connectivity index (χ1n) is 15.2. The molecule has 226 valence electrons. The largest absolute Gasteiger partial charge is 0.395 e. The van der Waals surface area contributed by atoms with Crippen LogP contribution in [0.4, 0.5) is 11.4 Å². The average molecular weight is 592 g/mol. The Labute approximate surface area is 257 Å². The number of fused-ring (bicyclic) bond motifs is 1. The van der Waals surface area contributed by atoms with Gasteiger partial charge >= 0.3 is 0 Å². The third-order valence-electron chi connectivity index (χ3n) is 8.72. The number of carbonyl (C=O) groups is 2. The quantitative estimate of drug-likeness (QED) is 0.248. The standard InChI is InChI=1S/C35H37N5O4/c1-25(11-7-8-19-38-23-31(36-37-38)29(24-41)27-13-3-2-4-14-27)35(44)30-16-5-6-17-32(30)40(34(35)43)22-26-12-9-15-28(21-26)39-20-10-18-33(39)42/h2-7,9,11-17,21,23,25,29,41,44H,8,10,18-20,22,24H2,1H3/b11-7+/t25-,29?,35+/m0/s1. The lowest BCUT2D eigenvalue weighted by molar-refractivity contribution is -0.139. The molecule has 3 atom stereocenters. The van der Waals surface area contributed by atoms with E-state index in [9.17, 15) is 19.8 Å². The van der Waals surface area contributed by atoms with E-state index in [1.165, 1.54) is 0 Å². The highest BCUT2D eigenvalue weighted by molar-refractivity contribution is 6.07. The van der Waals surface area contributed by atoms with Crippen LogP contribution in [0, 0.1) is 5.92 Å². The molecule has 1 saturated heterocycles. The first-order valence-corrected chi connectivity index (χ1v) is 15.2. The van der Waals surface area contributed by atoms with E-state index in [0.717, 1.165) is 23.2 Å². The second kappa shape index (κ2) is 12.6. The molecule has 9 heteroatoms. The molecule has 0 saturated carbocycles. The second-order valence-electron chi connectivity index (χ2n) is 11.6. The zero-order valence-electron chi connectivity index (χ0n) is 24.8. The molecule has 1 aromatic heterocycles. The molecule has 6 rings (SSSR count). The van der Waals surface area contributed by atoms with Gasteiger partial charge in [-0.15, -0.1) is 5.10 Å². The fourth-order valence-corrected chi connectivity index (χ4v) is 6.27. The number of aromatic nitrogens is 3. The third kappa shape index (κ3) is 5.56. The minimum Gasteiger partial charge on any atom is -0.395 e. The molecule has 9 nitrogen and oxygen atoms in total. The minimum absolute atomic E-state index is 0.0607.